The van der Waals surface area contributed by atoms with Crippen molar-refractivity contribution in [3.05, 3.63) is 47.0 Å². The number of carbonyl (C=O) groups excluding carboxylic acids is 1. The molecular weight excluding hydrogens is 335 g/mol. The number of hydrogen-bond acceptors (Lipinski definition) is 5. The molecule has 2 aromatic rings. The van der Waals surface area contributed by atoms with Crippen molar-refractivity contribution < 1.29 is 13.8 Å². The first-order valence-corrected chi connectivity index (χ1v) is 9.05. The second kappa shape index (κ2) is 8.40. The first kappa shape index (κ1) is 18.5. The minimum Gasteiger partial charge on any atom is -0.340 e. The van der Waals surface area contributed by atoms with E-state index in [1.807, 2.05) is 12.1 Å². The fourth-order valence-corrected chi connectivity index (χ4v) is 3.56. The molecule has 6 nitrogen and oxygen atoms in total. The molecule has 1 aliphatic heterocycles. The number of carbonyl (C=O) groups is 1. The first-order chi connectivity index (χ1) is 12.5. The van der Waals surface area contributed by atoms with Crippen molar-refractivity contribution in [1.29, 1.82) is 0 Å². The van der Waals surface area contributed by atoms with Crippen LogP contribution in [0, 0.1) is 18.7 Å². The number of piperidine rings is 1. The van der Waals surface area contributed by atoms with E-state index < -0.39 is 0 Å². The third-order valence-corrected chi connectivity index (χ3v) is 4.99. The van der Waals surface area contributed by atoms with Gasteiger partial charge in [-0.2, -0.15) is 0 Å². The number of hydrogen-bond donors (Lipinski definition) is 0. The average Bonchev–Trinajstić information content (AvgIpc) is 3.06. The average molecular weight is 360 g/mol. The second-order valence-electron chi connectivity index (χ2n) is 7.03. The number of aromatic nitrogens is 2. The Kier molecular flexibility index (Phi) is 5.98. The van der Waals surface area contributed by atoms with E-state index in [1.165, 1.54) is 6.07 Å². The van der Waals surface area contributed by atoms with Crippen LogP contribution in [0.2, 0.25) is 0 Å². The monoisotopic (exact) mass is 360 g/mol. The molecule has 26 heavy (non-hydrogen) atoms. The molecule has 1 amide bonds. The Balaban J connectivity index is 1.51. The summed E-state index contributed by atoms with van der Waals surface area (Å²) >= 11 is 0. The Morgan fingerprint density at radius 3 is 2.92 bits per heavy atom. The fraction of sp³-hybridized carbons (Fsp3) is 0.526. The van der Waals surface area contributed by atoms with Crippen LogP contribution in [0.4, 0.5) is 4.39 Å². The van der Waals surface area contributed by atoms with Gasteiger partial charge in [-0.15, -0.1) is 0 Å². The summed E-state index contributed by atoms with van der Waals surface area (Å²) in [4.78, 5) is 16.5. The van der Waals surface area contributed by atoms with Gasteiger partial charge in [0.2, 0.25) is 0 Å². The molecule has 0 N–H and O–H groups in total. The van der Waals surface area contributed by atoms with E-state index in [0.717, 1.165) is 38.0 Å². The maximum Gasteiger partial charge on any atom is 0.277 e. The Hall–Kier alpha value is -2.28. The van der Waals surface area contributed by atoms with Crippen LogP contribution in [0.5, 0.6) is 0 Å². The number of rotatable bonds is 6. The van der Waals surface area contributed by atoms with E-state index in [0.29, 0.717) is 24.6 Å². The summed E-state index contributed by atoms with van der Waals surface area (Å²) in [5.41, 5.74) is 1.55. The lowest BCUT2D eigenvalue weighted by Crippen LogP contribution is -2.42. The molecule has 1 aromatic carbocycles. The zero-order chi connectivity index (χ0) is 18.5. The first-order valence-electron chi connectivity index (χ1n) is 9.05. The summed E-state index contributed by atoms with van der Waals surface area (Å²) < 4.78 is 18.4. The van der Waals surface area contributed by atoms with E-state index in [-0.39, 0.29) is 17.4 Å². The molecule has 0 saturated carbocycles. The van der Waals surface area contributed by atoms with Gasteiger partial charge in [0.25, 0.3) is 5.91 Å². The van der Waals surface area contributed by atoms with Gasteiger partial charge in [0.15, 0.2) is 5.69 Å². The van der Waals surface area contributed by atoms with Crippen LogP contribution in [-0.2, 0) is 6.42 Å². The van der Waals surface area contributed by atoms with Crippen molar-refractivity contribution >= 4 is 5.91 Å². The summed E-state index contributed by atoms with van der Waals surface area (Å²) in [5.74, 6) is 0.105. The Labute approximate surface area is 152 Å². The summed E-state index contributed by atoms with van der Waals surface area (Å²) in [5, 5.41) is 7.36. The lowest BCUT2D eigenvalue weighted by atomic mass is 9.97. The Morgan fingerprint density at radius 1 is 1.38 bits per heavy atom. The molecule has 140 valence electrons. The van der Waals surface area contributed by atoms with Crippen LogP contribution >= 0.6 is 0 Å². The lowest BCUT2D eigenvalue weighted by Gasteiger charge is -2.34. The zero-order valence-corrected chi connectivity index (χ0v) is 15.3. The van der Waals surface area contributed by atoms with E-state index in [2.05, 4.69) is 19.8 Å². The van der Waals surface area contributed by atoms with E-state index >= 15 is 0 Å². The zero-order valence-electron chi connectivity index (χ0n) is 15.3. The van der Waals surface area contributed by atoms with Crippen LogP contribution in [0.15, 0.2) is 28.9 Å². The SMILES string of the molecule is Cc1nonc1C(=O)N(C)CC1CCCN(CCc2ccccc2F)C1. The van der Waals surface area contributed by atoms with Crippen molar-refractivity contribution in [3.63, 3.8) is 0 Å². The van der Waals surface area contributed by atoms with Crippen molar-refractivity contribution in [2.45, 2.75) is 26.2 Å². The van der Waals surface area contributed by atoms with Gasteiger partial charge < -0.3 is 9.80 Å². The van der Waals surface area contributed by atoms with Gasteiger partial charge in [-0.3, -0.25) is 4.79 Å². The van der Waals surface area contributed by atoms with E-state index in [1.54, 1.807) is 24.9 Å². The molecule has 0 bridgehead atoms. The van der Waals surface area contributed by atoms with Crippen molar-refractivity contribution in [3.8, 4) is 0 Å². The van der Waals surface area contributed by atoms with Crippen molar-refractivity contribution in [1.82, 2.24) is 20.1 Å². The van der Waals surface area contributed by atoms with Gasteiger partial charge in [-0.25, -0.2) is 9.02 Å². The Bertz CT molecular complexity index is 749. The normalized spacial score (nSPS) is 18.0. The number of aryl methyl sites for hydroxylation is 1. The standard InChI is InChI=1S/C19H25FN4O2/c1-14-18(22-26-21-14)19(25)23(2)12-15-6-5-10-24(13-15)11-9-16-7-3-4-8-17(16)20/h3-4,7-8,15H,5-6,9-13H2,1-2H3. The minimum absolute atomic E-state index is 0.136. The largest absolute Gasteiger partial charge is 0.340 e. The van der Waals surface area contributed by atoms with Crippen LogP contribution in [-0.4, -0.2) is 59.2 Å². The highest BCUT2D eigenvalue weighted by Gasteiger charge is 2.25. The predicted octanol–water partition coefficient (Wildman–Crippen LogP) is 2.54. The second-order valence-corrected chi connectivity index (χ2v) is 7.03. The quantitative estimate of drug-likeness (QED) is 0.792. The van der Waals surface area contributed by atoms with Crippen LogP contribution in [0.3, 0.4) is 0 Å². The number of benzene rings is 1. The smallest absolute Gasteiger partial charge is 0.277 e. The van der Waals surface area contributed by atoms with Crippen LogP contribution < -0.4 is 0 Å². The molecule has 1 atom stereocenters. The third kappa shape index (κ3) is 4.46. The van der Waals surface area contributed by atoms with Gasteiger partial charge in [0.1, 0.15) is 11.5 Å². The van der Waals surface area contributed by atoms with Crippen molar-refractivity contribution in [2.24, 2.45) is 5.92 Å². The van der Waals surface area contributed by atoms with Gasteiger partial charge >= 0.3 is 0 Å². The molecule has 0 radical (unpaired) electrons. The molecule has 7 heteroatoms. The van der Waals surface area contributed by atoms with Crippen molar-refractivity contribution in [2.75, 3.05) is 33.2 Å². The molecule has 1 fully saturated rings. The Morgan fingerprint density at radius 2 is 2.19 bits per heavy atom. The molecule has 2 heterocycles. The highest BCUT2D eigenvalue weighted by Crippen LogP contribution is 2.19. The highest BCUT2D eigenvalue weighted by atomic mass is 19.1. The molecule has 1 saturated heterocycles. The molecule has 1 aliphatic rings. The van der Waals surface area contributed by atoms with Crippen LogP contribution in [0.1, 0.15) is 34.6 Å². The fourth-order valence-electron chi connectivity index (χ4n) is 3.56. The number of likely N-dealkylation sites (tertiary alicyclic amines) is 1. The van der Waals surface area contributed by atoms with Gasteiger partial charge in [0, 0.05) is 26.7 Å². The molecule has 0 aliphatic carbocycles. The molecule has 1 unspecified atom stereocenters. The van der Waals surface area contributed by atoms with Crippen LogP contribution in [0.25, 0.3) is 0 Å². The number of nitrogens with zero attached hydrogens (tertiary/aromatic N) is 4. The van der Waals surface area contributed by atoms with E-state index in [9.17, 15) is 9.18 Å². The molecule has 0 spiro atoms. The summed E-state index contributed by atoms with van der Waals surface area (Å²) in [6.07, 6.45) is 2.89. The summed E-state index contributed by atoms with van der Waals surface area (Å²) in [6.45, 7) is 5.16. The molecule has 1 aromatic heterocycles. The third-order valence-electron chi connectivity index (χ3n) is 4.99. The summed E-state index contributed by atoms with van der Waals surface area (Å²) in [7, 11) is 1.79. The summed E-state index contributed by atoms with van der Waals surface area (Å²) in [6, 6.07) is 6.95. The maximum atomic E-state index is 13.8. The van der Waals surface area contributed by atoms with Gasteiger partial charge in [0.05, 0.1) is 0 Å². The predicted molar refractivity (Wildman–Crippen MR) is 95.3 cm³/mol. The molecule has 3 rings (SSSR count). The number of amides is 1. The minimum atomic E-state index is -0.160. The van der Waals surface area contributed by atoms with Gasteiger partial charge in [-0.05, 0) is 55.4 Å². The number of halogens is 1. The van der Waals surface area contributed by atoms with E-state index in [4.69, 9.17) is 0 Å². The topological polar surface area (TPSA) is 62.5 Å². The maximum absolute atomic E-state index is 13.8. The van der Waals surface area contributed by atoms with Gasteiger partial charge in [-0.1, -0.05) is 23.4 Å². The molecular formula is C19H25FN4O2. The lowest BCUT2D eigenvalue weighted by molar-refractivity contribution is 0.0719. The highest BCUT2D eigenvalue weighted by molar-refractivity contribution is 5.92.